The minimum Gasteiger partial charge on any atom is -0.481 e. The van der Waals surface area contributed by atoms with Crippen molar-refractivity contribution in [3.8, 4) is 0 Å². The highest BCUT2D eigenvalue weighted by Gasteiger charge is 2.29. The Bertz CT molecular complexity index is 680. The van der Waals surface area contributed by atoms with E-state index >= 15 is 0 Å². The molecule has 3 rings (SSSR count). The van der Waals surface area contributed by atoms with Gasteiger partial charge in [-0.2, -0.15) is 5.10 Å². The average molecular weight is 300 g/mol. The van der Waals surface area contributed by atoms with Crippen LogP contribution in [0.3, 0.4) is 0 Å². The molecule has 116 valence electrons. The number of carboxylic acids is 1. The first-order valence-corrected chi connectivity index (χ1v) is 7.50. The summed E-state index contributed by atoms with van der Waals surface area (Å²) in [5, 5.41) is 13.6. The molecule has 22 heavy (non-hydrogen) atoms. The van der Waals surface area contributed by atoms with E-state index in [-0.39, 0.29) is 12.0 Å². The SMILES string of the molecule is CC(C)n1ncnc1CN1CC(C(=O)O)Cc2ccccc21. The summed E-state index contributed by atoms with van der Waals surface area (Å²) in [5.41, 5.74) is 2.18. The highest BCUT2D eigenvalue weighted by Crippen LogP contribution is 2.30. The van der Waals surface area contributed by atoms with Crippen molar-refractivity contribution in [3.05, 3.63) is 42.0 Å². The molecule has 6 heteroatoms. The van der Waals surface area contributed by atoms with E-state index in [4.69, 9.17) is 0 Å². The van der Waals surface area contributed by atoms with Crippen LogP contribution in [0.4, 0.5) is 5.69 Å². The second kappa shape index (κ2) is 5.79. The summed E-state index contributed by atoms with van der Waals surface area (Å²) in [6.45, 7) is 5.18. The van der Waals surface area contributed by atoms with Crippen LogP contribution in [-0.4, -0.2) is 32.4 Å². The lowest BCUT2D eigenvalue weighted by atomic mass is 9.92. The maximum Gasteiger partial charge on any atom is 0.308 e. The third-order valence-electron chi connectivity index (χ3n) is 4.06. The zero-order chi connectivity index (χ0) is 15.7. The van der Waals surface area contributed by atoms with Crippen LogP contribution >= 0.6 is 0 Å². The summed E-state index contributed by atoms with van der Waals surface area (Å²) < 4.78 is 1.88. The standard InChI is InChI=1S/C16H20N4O2/c1-11(2)20-15(17-10-18-20)9-19-8-13(16(21)22)7-12-5-3-4-6-14(12)19/h3-6,10-11,13H,7-9H2,1-2H3,(H,21,22). The number of para-hydroxylation sites is 1. The summed E-state index contributed by atoms with van der Waals surface area (Å²) in [5.74, 6) is -0.272. The van der Waals surface area contributed by atoms with Gasteiger partial charge in [-0.05, 0) is 31.9 Å². The van der Waals surface area contributed by atoms with Crippen LogP contribution in [0.25, 0.3) is 0 Å². The molecule has 6 nitrogen and oxygen atoms in total. The van der Waals surface area contributed by atoms with Crippen molar-refractivity contribution in [1.29, 1.82) is 0 Å². The number of carbonyl (C=O) groups is 1. The number of hydrogen-bond donors (Lipinski definition) is 1. The van der Waals surface area contributed by atoms with E-state index in [0.29, 0.717) is 19.5 Å². The lowest BCUT2D eigenvalue weighted by Crippen LogP contribution is -2.39. The fourth-order valence-electron chi connectivity index (χ4n) is 2.99. The molecule has 1 aromatic carbocycles. The van der Waals surface area contributed by atoms with E-state index in [0.717, 1.165) is 17.1 Å². The highest BCUT2D eigenvalue weighted by atomic mass is 16.4. The van der Waals surface area contributed by atoms with Gasteiger partial charge in [-0.25, -0.2) is 9.67 Å². The van der Waals surface area contributed by atoms with Crippen molar-refractivity contribution in [3.63, 3.8) is 0 Å². The molecule has 0 bridgehead atoms. The molecule has 0 saturated carbocycles. The number of aromatic nitrogens is 3. The average Bonchev–Trinajstić information content (AvgIpc) is 2.95. The van der Waals surface area contributed by atoms with Crippen molar-refractivity contribution in [2.24, 2.45) is 5.92 Å². The third-order valence-corrected chi connectivity index (χ3v) is 4.06. The molecule has 1 unspecified atom stereocenters. The molecule has 2 aromatic rings. The first kappa shape index (κ1) is 14.6. The fraction of sp³-hybridized carbons (Fsp3) is 0.438. The smallest absolute Gasteiger partial charge is 0.308 e. The van der Waals surface area contributed by atoms with Crippen LogP contribution in [0.2, 0.25) is 0 Å². The largest absolute Gasteiger partial charge is 0.481 e. The zero-order valence-corrected chi connectivity index (χ0v) is 12.8. The summed E-state index contributed by atoms with van der Waals surface area (Å²) >= 11 is 0. The quantitative estimate of drug-likeness (QED) is 0.936. The first-order chi connectivity index (χ1) is 10.6. The van der Waals surface area contributed by atoms with E-state index in [1.807, 2.05) is 28.9 Å². The number of fused-ring (bicyclic) bond motifs is 1. The molecule has 1 aliphatic heterocycles. The lowest BCUT2D eigenvalue weighted by molar-refractivity contribution is -0.141. The fourth-order valence-corrected chi connectivity index (χ4v) is 2.99. The van der Waals surface area contributed by atoms with Crippen molar-refractivity contribution in [1.82, 2.24) is 14.8 Å². The Morgan fingerprint density at radius 3 is 2.91 bits per heavy atom. The van der Waals surface area contributed by atoms with Gasteiger partial charge in [0.25, 0.3) is 0 Å². The Hall–Kier alpha value is -2.37. The molecule has 0 radical (unpaired) electrons. The molecular weight excluding hydrogens is 280 g/mol. The number of benzene rings is 1. The number of rotatable bonds is 4. The minimum absolute atomic E-state index is 0.229. The predicted molar refractivity (Wildman–Crippen MR) is 82.7 cm³/mol. The van der Waals surface area contributed by atoms with Crippen molar-refractivity contribution in [2.75, 3.05) is 11.4 Å². The second-order valence-electron chi connectivity index (χ2n) is 5.96. The molecule has 0 amide bonds. The third kappa shape index (κ3) is 2.68. The Balaban J connectivity index is 1.91. The van der Waals surface area contributed by atoms with Gasteiger partial charge in [0.05, 0.1) is 12.5 Å². The van der Waals surface area contributed by atoms with Gasteiger partial charge in [-0.3, -0.25) is 4.79 Å². The number of hydrogen-bond acceptors (Lipinski definition) is 4. The maximum atomic E-state index is 11.4. The molecular formula is C16H20N4O2. The van der Waals surface area contributed by atoms with E-state index in [1.165, 1.54) is 0 Å². The summed E-state index contributed by atoms with van der Waals surface area (Å²) in [6, 6.07) is 8.22. The first-order valence-electron chi connectivity index (χ1n) is 7.50. The highest BCUT2D eigenvalue weighted by molar-refractivity contribution is 5.73. The van der Waals surface area contributed by atoms with E-state index in [1.54, 1.807) is 6.33 Å². The van der Waals surface area contributed by atoms with Crippen molar-refractivity contribution in [2.45, 2.75) is 32.9 Å². The van der Waals surface area contributed by atoms with Gasteiger partial charge in [0.15, 0.2) is 0 Å². The van der Waals surface area contributed by atoms with Crippen LogP contribution in [0.1, 0.15) is 31.3 Å². The van der Waals surface area contributed by atoms with Gasteiger partial charge < -0.3 is 10.0 Å². The maximum absolute atomic E-state index is 11.4. The van der Waals surface area contributed by atoms with Crippen LogP contribution in [-0.2, 0) is 17.8 Å². The van der Waals surface area contributed by atoms with Crippen LogP contribution < -0.4 is 4.90 Å². The Kier molecular flexibility index (Phi) is 3.83. The molecule has 1 atom stereocenters. The van der Waals surface area contributed by atoms with E-state index < -0.39 is 5.97 Å². The Labute approximate surface area is 129 Å². The lowest BCUT2D eigenvalue weighted by Gasteiger charge is -2.34. The van der Waals surface area contributed by atoms with E-state index in [2.05, 4.69) is 28.8 Å². The molecule has 0 fully saturated rings. The second-order valence-corrected chi connectivity index (χ2v) is 5.96. The van der Waals surface area contributed by atoms with Crippen molar-refractivity contribution < 1.29 is 9.90 Å². The van der Waals surface area contributed by atoms with Gasteiger partial charge in [0, 0.05) is 18.3 Å². The van der Waals surface area contributed by atoms with Gasteiger partial charge in [0.1, 0.15) is 12.2 Å². The zero-order valence-electron chi connectivity index (χ0n) is 12.8. The molecule has 0 saturated heterocycles. The molecule has 0 spiro atoms. The van der Waals surface area contributed by atoms with Gasteiger partial charge in [0.2, 0.25) is 0 Å². The topological polar surface area (TPSA) is 71.2 Å². The minimum atomic E-state index is -0.746. The van der Waals surface area contributed by atoms with E-state index in [9.17, 15) is 9.90 Å². The Morgan fingerprint density at radius 1 is 1.41 bits per heavy atom. The summed E-state index contributed by atoms with van der Waals surface area (Å²) in [4.78, 5) is 17.9. The molecule has 2 heterocycles. The van der Waals surface area contributed by atoms with Crippen LogP contribution in [0.15, 0.2) is 30.6 Å². The normalized spacial score (nSPS) is 17.6. The van der Waals surface area contributed by atoms with Gasteiger partial charge in [-0.1, -0.05) is 18.2 Å². The number of carboxylic acid groups (broad SMARTS) is 1. The number of anilines is 1. The van der Waals surface area contributed by atoms with Crippen molar-refractivity contribution >= 4 is 11.7 Å². The molecule has 1 aliphatic rings. The van der Waals surface area contributed by atoms with Gasteiger partial charge >= 0.3 is 5.97 Å². The van der Waals surface area contributed by atoms with Crippen LogP contribution in [0, 0.1) is 5.92 Å². The number of aliphatic carboxylic acids is 1. The van der Waals surface area contributed by atoms with Crippen LogP contribution in [0.5, 0.6) is 0 Å². The molecule has 1 N–H and O–H groups in total. The van der Waals surface area contributed by atoms with Gasteiger partial charge in [-0.15, -0.1) is 0 Å². The number of nitrogens with zero attached hydrogens (tertiary/aromatic N) is 4. The monoisotopic (exact) mass is 300 g/mol. The summed E-state index contributed by atoms with van der Waals surface area (Å²) in [7, 11) is 0. The molecule has 1 aromatic heterocycles. The summed E-state index contributed by atoms with van der Waals surface area (Å²) in [6.07, 6.45) is 2.14. The molecule has 0 aliphatic carbocycles. The Morgan fingerprint density at radius 2 is 2.18 bits per heavy atom. The predicted octanol–water partition coefficient (Wildman–Crippen LogP) is 2.12.